The van der Waals surface area contributed by atoms with E-state index >= 15 is 8.78 Å². The molecule has 1 aliphatic heterocycles. The minimum atomic E-state index is -4.16. The molecule has 53 heavy (non-hydrogen) atoms. The van der Waals surface area contributed by atoms with Crippen LogP contribution in [0.25, 0.3) is 11.1 Å². The first kappa shape index (κ1) is 37.4. The van der Waals surface area contributed by atoms with E-state index in [1.165, 1.54) is 12.3 Å². The van der Waals surface area contributed by atoms with Gasteiger partial charge in [0.1, 0.15) is 23.7 Å². The summed E-state index contributed by atoms with van der Waals surface area (Å²) in [5, 5.41) is 31.8. The molecule has 15 heteroatoms. The Morgan fingerprint density at radius 2 is 1.51 bits per heavy atom. The third-order valence-corrected chi connectivity index (χ3v) is 9.88. The van der Waals surface area contributed by atoms with Gasteiger partial charge in [-0.3, -0.25) is 9.78 Å². The van der Waals surface area contributed by atoms with Gasteiger partial charge in [0.25, 0.3) is 5.91 Å². The number of benzene rings is 3. The number of rotatable bonds is 12. The molecule has 6 rings (SSSR count). The Hall–Kier alpha value is -5.41. The zero-order valence-electron chi connectivity index (χ0n) is 29.4. The highest BCUT2D eigenvalue weighted by Crippen LogP contribution is 2.47. The number of aromatic nitrogens is 5. The van der Waals surface area contributed by atoms with Crippen LogP contribution in [0.4, 0.5) is 28.9 Å². The number of carbonyl (C=O) groups is 1. The van der Waals surface area contributed by atoms with Crippen LogP contribution in [-0.2, 0) is 18.1 Å². The SMILES string of the molecule is CC[C@@H]([C@H](C)O)N(C)C(=O)c1ccc(N2CCN(c3ccc(-c4ccc(C(F)(F)[C@](O)(Cn5cnnn5)c5ccc(F)cc5F)nc4)cc3)CC2)cc1. The number of nitrogens with zero attached hydrogens (tertiary/aromatic N) is 8. The van der Waals surface area contributed by atoms with Crippen LogP contribution >= 0.6 is 0 Å². The molecular formula is C38H40F4N8O3. The second-order valence-electron chi connectivity index (χ2n) is 13.2. The van der Waals surface area contributed by atoms with E-state index in [-0.39, 0.29) is 11.9 Å². The van der Waals surface area contributed by atoms with Gasteiger partial charge < -0.3 is 24.9 Å². The van der Waals surface area contributed by atoms with Gasteiger partial charge in [0.05, 0.1) is 18.7 Å². The van der Waals surface area contributed by atoms with Crippen molar-refractivity contribution in [3.8, 4) is 11.1 Å². The zero-order valence-corrected chi connectivity index (χ0v) is 29.4. The molecule has 5 aromatic rings. The van der Waals surface area contributed by atoms with Crippen LogP contribution in [0.1, 0.15) is 41.9 Å². The van der Waals surface area contributed by atoms with Gasteiger partial charge in [-0.2, -0.15) is 8.78 Å². The van der Waals surface area contributed by atoms with E-state index in [4.69, 9.17) is 0 Å². The average Bonchev–Trinajstić information content (AvgIpc) is 3.67. The standard InChI is InChI=1S/C38H40F4N8O3/c1-4-34(25(2)51)47(3)36(52)27-7-13-31(14-8-27)49-19-17-48(18-20-49)30-11-5-26(6-12-30)28-9-16-35(43-22-28)38(41,42)37(53,23-50-24-44-45-46-50)32-15-10-29(39)21-33(32)40/h5-16,21-22,24-25,34,51,53H,4,17-20,23H2,1-3H3/t25-,34-,37-/m0/s1. The Bertz CT molecular complexity index is 1990. The van der Waals surface area contributed by atoms with Gasteiger partial charge in [-0.05, 0) is 83.9 Å². The molecule has 1 amide bonds. The molecule has 1 aliphatic rings. The quantitative estimate of drug-likeness (QED) is 0.166. The molecule has 2 N–H and O–H groups in total. The topological polar surface area (TPSA) is 124 Å². The van der Waals surface area contributed by atoms with E-state index in [0.29, 0.717) is 23.6 Å². The van der Waals surface area contributed by atoms with Crippen LogP contribution < -0.4 is 9.80 Å². The Kier molecular flexibility index (Phi) is 10.8. The normalized spacial score (nSPS) is 15.9. The molecule has 278 valence electrons. The molecule has 3 aromatic carbocycles. The molecule has 2 aromatic heterocycles. The number of carbonyl (C=O) groups excluding carboxylic acids is 1. The molecule has 0 saturated carbocycles. The smallest absolute Gasteiger partial charge is 0.323 e. The summed E-state index contributed by atoms with van der Waals surface area (Å²) in [5.74, 6) is -6.64. The first-order valence-corrected chi connectivity index (χ1v) is 17.2. The predicted octanol–water partition coefficient (Wildman–Crippen LogP) is 5.25. The molecule has 1 fully saturated rings. The maximum absolute atomic E-state index is 16.1. The van der Waals surface area contributed by atoms with Crippen LogP contribution in [0.5, 0.6) is 0 Å². The monoisotopic (exact) mass is 732 g/mol. The number of halogens is 4. The maximum atomic E-state index is 16.1. The van der Waals surface area contributed by atoms with Gasteiger partial charge in [-0.25, -0.2) is 13.5 Å². The highest BCUT2D eigenvalue weighted by atomic mass is 19.3. The lowest BCUT2D eigenvalue weighted by Crippen LogP contribution is -2.48. The molecule has 0 spiro atoms. The molecule has 0 aliphatic carbocycles. The van der Waals surface area contributed by atoms with Crippen molar-refractivity contribution in [2.45, 2.75) is 50.5 Å². The summed E-state index contributed by atoms with van der Waals surface area (Å²) >= 11 is 0. The highest BCUT2D eigenvalue weighted by molar-refractivity contribution is 5.94. The molecule has 3 atom stereocenters. The lowest BCUT2D eigenvalue weighted by atomic mass is 9.84. The summed E-state index contributed by atoms with van der Waals surface area (Å²) in [5.41, 5.74) is -1.05. The van der Waals surface area contributed by atoms with Crippen molar-refractivity contribution >= 4 is 17.3 Å². The lowest BCUT2D eigenvalue weighted by molar-refractivity contribution is -0.207. The number of alkyl halides is 2. The van der Waals surface area contributed by atoms with Crippen molar-refractivity contribution in [1.29, 1.82) is 0 Å². The Morgan fingerprint density at radius 3 is 2.02 bits per heavy atom. The summed E-state index contributed by atoms with van der Waals surface area (Å²) < 4.78 is 61.6. The Balaban J connectivity index is 1.11. The number of piperazine rings is 1. The van der Waals surface area contributed by atoms with E-state index in [1.54, 1.807) is 18.9 Å². The van der Waals surface area contributed by atoms with Crippen molar-refractivity contribution in [2.75, 3.05) is 43.0 Å². The summed E-state index contributed by atoms with van der Waals surface area (Å²) in [6.07, 6.45) is 2.27. The van der Waals surface area contributed by atoms with Crippen molar-refractivity contribution in [2.24, 2.45) is 0 Å². The number of aliphatic hydroxyl groups excluding tert-OH is 1. The van der Waals surface area contributed by atoms with Crippen LogP contribution in [0, 0.1) is 11.6 Å². The fraction of sp³-hybridized carbons (Fsp3) is 0.342. The summed E-state index contributed by atoms with van der Waals surface area (Å²) in [7, 11) is 1.71. The number of pyridine rings is 1. The third kappa shape index (κ3) is 7.57. The number of tetrazole rings is 1. The first-order valence-electron chi connectivity index (χ1n) is 17.2. The van der Waals surface area contributed by atoms with Gasteiger partial charge in [0.15, 0.2) is 5.60 Å². The zero-order chi connectivity index (χ0) is 37.9. The second kappa shape index (κ2) is 15.3. The minimum absolute atomic E-state index is 0.134. The van der Waals surface area contributed by atoms with Gasteiger partial charge in [0, 0.05) is 73.6 Å². The van der Waals surface area contributed by atoms with Crippen molar-refractivity contribution in [1.82, 2.24) is 30.1 Å². The number of hydrogen-bond donors (Lipinski definition) is 2. The summed E-state index contributed by atoms with van der Waals surface area (Å²) in [6, 6.07) is 19.4. The first-order chi connectivity index (χ1) is 25.3. The highest BCUT2D eigenvalue weighted by Gasteiger charge is 2.58. The van der Waals surface area contributed by atoms with Gasteiger partial charge in [-0.1, -0.05) is 25.1 Å². The van der Waals surface area contributed by atoms with Crippen LogP contribution in [0.2, 0.25) is 0 Å². The van der Waals surface area contributed by atoms with Gasteiger partial charge >= 0.3 is 5.92 Å². The van der Waals surface area contributed by atoms with E-state index in [0.717, 1.165) is 72.3 Å². The van der Waals surface area contributed by atoms with Crippen molar-refractivity contribution < 1.29 is 32.6 Å². The van der Waals surface area contributed by atoms with Crippen molar-refractivity contribution in [3.63, 3.8) is 0 Å². The number of amides is 1. The molecule has 0 bridgehead atoms. The average molecular weight is 733 g/mol. The number of likely N-dealkylation sites (N-methyl/N-ethyl adjacent to an activating group) is 1. The lowest BCUT2D eigenvalue weighted by Gasteiger charge is -2.37. The molecule has 0 radical (unpaired) electrons. The van der Waals surface area contributed by atoms with Gasteiger partial charge in [0.2, 0.25) is 0 Å². The maximum Gasteiger partial charge on any atom is 0.323 e. The van der Waals surface area contributed by atoms with Crippen LogP contribution in [-0.4, -0.2) is 91.6 Å². The van der Waals surface area contributed by atoms with Gasteiger partial charge in [-0.15, -0.1) is 5.10 Å². The van der Waals surface area contributed by atoms with Crippen molar-refractivity contribution in [3.05, 3.63) is 120 Å². The van der Waals surface area contributed by atoms with E-state index < -0.39 is 47.1 Å². The Labute approximate surface area is 304 Å². The second-order valence-corrected chi connectivity index (χ2v) is 13.2. The minimum Gasteiger partial charge on any atom is -0.391 e. The molecule has 0 unspecified atom stereocenters. The fourth-order valence-electron chi connectivity index (χ4n) is 6.82. The predicted molar refractivity (Wildman–Crippen MR) is 190 cm³/mol. The fourth-order valence-corrected chi connectivity index (χ4v) is 6.82. The van der Waals surface area contributed by atoms with Crippen LogP contribution in [0.15, 0.2) is 91.4 Å². The number of hydrogen-bond acceptors (Lipinski definition) is 9. The van der Waals surface area contributed by atoms with E-state index in [2.05, 4.69) is 30.3 Å². The molecule has 11 nitrogen and oxygen atoms in total. The number of anilines is 2. The van der Waals surface area contributed by atoms with E-state index in [1.807, 2.05) is 55.5 Å². The van der Waals surface area contributed by atoms with Crippen LogP contribution in [0.3, 0.4) is 0 Å². The largest absolute Gasteiger partial charge is 0.391 e. The molecular weight excluding hydrogens is 692 g/mol. The molecule has 1 saturated heterocycles. The molecule has 3 heterocycles. The Morgan fingerprint density at radius 1 is 0.906 bits per heavy atom. The number of aliphatic hydroxyl groups is 2. The summed E-state index contributed by atoms with van der Waals surface area (Å²) in [4.78, 5) is 23.0. The summed E-state index contributed by atoms with van der Waals surface area (Å²) in [6.45, 7) is 5.71. The third-order valence-electron chi connectivity index (χ3n) is 9.88. The van der Waals surface area contributed by atoms with E-state index in [9.17, 15) is 23.8 Å².